The molecule has 0 saturated carbocycles. The van der Waals surface area contributed by atoms with Gasteiger partial charge in [-0.3, -0.25) is 0 Å². The Kier molecular flexibility index (Phi) is 10.9. The van der Waals surface area contributed by atoms with Gasteiger partial charge in [0.1, 0.15) is 0 Å². The third-order valence-electron chi connectivity index (χ3n) is 0.997. The smallest absolute Gasteiger partial charge is 0.0483 e. The van der Waals surface area contributed by atoms with Crippen molar-refractivity contribution in [2.24, 2.45) is 0 Å². The van der Waals surface area contributed by atoms with Crippen molar-refractivity contribution in [3.05, 3.63) is 35.9 Å². The molecule has 76 valence electrons. The number of halogens is 1. The molecule has 0 fully saturated rings. The van der Waals surface area contributed by atoms with Crippen LogP contribution in [0.1, 0.15) is 19.4 Å². The summed E-state index contributed by atoms with van der Waals surface area (Å²) >= 11 is 5.53. The maximum Gasteiger partial charge on any atom is 0.0483 e. The predicted octanol–water partition coefficient (Wildman–Crippen LogP) is 2.97. The number of aliphatic hydroxyl groups is 1. The van der Waals surface area contributed by atoms with Gasteiger partial charge in [-0.05, 0) is 19.4 Å². The molecule has 0 atom stereocenters. The van der Waals surface area contributed by atoms with Crippen molar-refractivity contribution >= 4 is 11.6 Å². The molecule has 0 bridgehead atoms. The van der Waals surface area contributed by atoms with Crippen molar-refractivity contribution in [1.29, 1.82) is 0 Å². The highest BCUT2D eigenvalue weighted by molar-refractivity contribution is 6.17. The summed E-state index contributed by atoms with van der Waals surface area (Å²) in [5.41, 5.74) is 1.18. The topological polar surface area (TPSA) is 55.2 Å². The fraction of sp³-hybridized carbons (Fsp3) is 0.400. The zero-order valence-corrected chi connectivity index (χ0v) is 8.96. The minimum atomic E-state index is -0.167. The Morgan fingerprint density at radius 1 is 1.23 bits per heavy atom. The Morgan fingerprint density at radius 3 is 1.85 bits per heavy atom. The minimum Gasteiger partial charge on any atom is -0.394 e. The normalized spacial score (nSPS) is 8.38. The molecule has 4 N–H and O–H groups in total. The summed E-state index contributed by atoms with van der Waals surface area (Å²) in [4.78, 5) is 0. The van der Waals surface area contributed by atoms with E-state index in [4.69, 9.17) is 16.7 Å². The highest BCUT2D eigenvalue weighted by Gasteiger charge is 1.81. The molecule has 0 aliphatic carbocycles. The summed E-state index contributed by atoms with van der Waals surface area (Å²) in [6.45, 7) is 3.44. The van der Waals surface area contributed by atoms with E-state index in [1.807, 2.05) is 30.3 Å². The maximum absolute atomic E-state index is 8.06. The molecular formula is C10H18ClNO. The summed E-state index contributed by atoms with van der Waals surface area (Å²) < 4.78 is 0. The number of hydrogen-bond donors (Lipinski definition) is 2. The van der Waals surface area contributed by atoms with Gasteiger partial charge in [0.25, 0.3) is 0 Å². The zero-order valence-electron chi connectivity index (χ0n) is 8.20. The summed E-state index contributed by atoms with van der Waals surface area (Å²) in [6.07, 6.45) is -0.167. The van der Waals surface area contributed by atoms with E-state index in [0.29, 0.717) is 5.88 Å². The maximum atomic E-state index is 8.06. The van der Waals surface area contributed by atoms with Gasteiger partial charge in [-0.15, -0.1) is 11.6 Å². The number of hydrogen-bond acceptors (Lipinski definition) is 2. The molecule has 0 aromatic heterocycles. The van der Waals surface area contributed by atoms with E-state index < -0.39 is 0 Å². The molecule has 3 heteroatoms. The molecule has 1 rings (SSSR count). The van der Waals surface area contributed by atoms with Gasteiger partial charge in [0.15, 0.2) is 0 Å². The van der Waals surface area contributed by atoms with Gasteiger partial charge in [0.05, 0.1) is 0 Å². The van der Waals surface area contributed by atoms with Crippen molar-refractivity contribution < 1.29 is 5.11 Å². The molecule has 1 aromatic rings. The van der Waals surface area contributed by atoms with Crippen LogP contribution in [0.4, 0.5) is 0 Å². The molecule has 13 heavy (non-hydrogen) atoms. The summed E-state index contributed by atoms with van der Waals surface area (Å²) in [5, 5.41) is 8.06. The fourth-order valence-corrected chi connectivity index (χ4v) is 0.745. The Labute approximate surface area is 85.1 Å². The van der Waals surface area contributed by atoms with Crippen LogP contribution in [0.25, 0.3) is 0 Å². The second-order valence-electron chi connectivity index (χ2n) is 2.71. The van der Waals surface area contributed by atoms with Crippen LogP contribution in [0.5, 0.6) is 0 Å². The summed E-state index contributed by atoms with van der Waals surface area (Å²) in [7, 11) is 0. The molecule has 0 amide bonds. The van der Waals surface area contributed by atoms with Gasteiger partial charge >= 0.3 is 0 Å². The summed E-state index contributed by atoms with van der Waals surface area (Å²) in [6, 6.07) is 9.96. The molecular weight excluding hydrogens is 186 g/mol. The predicted molar refractivity (Wildman–Crippen MR) is 58.4 cm³/mol. The van der Waals surface area contributed by atoms with Crippen LogP contribution in [0.2, 0.25) is 0 Å². The number of benzene rings is 1. The monoisotopic (exact) mass is 203 g/mol. The lowest BCUT2D eigenvalue weighted by atomic mass is 10.2. The Hall–Kier alpha value is -0.570. The number of rotatable bonds is 1. The lowest BCUT2D eigenvalue weighted by molar-refractivity contribution is 0.216. The average molecular weight is 204 g/mol. The SMILES string of the molecule is CC(C)O.ClCc1ccccc1.N. The number of aliphatic hydroxyl groups excluding tert-OH is 1. The van der Waals surface area contributed by atoms with Crippen LogP contribution in [0.3, 0.4) is 0 Å². The number of alkyl halides is 1. The molecule has 1 aromatic carbocycles. The Bertz CT molecular complexity index is 187. The van der Waals surface area contributed by atoms with Crippen LogP contribution in [0, 0.1) is 0 Å². The van der Waals surface area contributed by atoms with Crippen molar-refractivity contribution in [1.82, 2.24) is 6.15 Å². The van der Waals surface area contributed by atoms with Gasteiger partial charge in [0, 0.05) is 12.0 Å². The average Bonchev–Trinajstić information content (AvgIpc) is 2.05. The minimum absolute atomic E-state index is 0. The quantitative estimate of drug-likeness (QED) is 0.690. The molecule has 0 aliphatic rings. The highest BCUT2D eigenvalue weighted by atomic mass is 35.5. The highest BCUT2D eigenvalue weighted by Crippen LogP contribution is 2.00. The third-order valence-corrected chi connectivity index (χ3v) is 1.31. The van der Waals surface area contributed by atoms with Crippen LogP contribution >= 0.6 is 11.6 Å². The second kappa shape index (κ2) is 9.52. The van der Waals surface area contributed by atoms with Crippen molar-refractivity contribution in [3.8, 4) is 0 Å². The third kappa shape index (κ3) is 11.4. The van der Waals surface area contributed by atoms with Crippen LogP contribution < -0.4 is 6.15 Å². The van der Waals surface area contributed by atoms with Crippen LogP contribution in [-0.2, 0) is 5.88 Å². The van der Waals surface area contributed by atoms with Gasteiger partial charge < -0.3 is 11.3 Å². The zero-order chi connectivity index (χ0) is 9.40. The Balaban J connectivity index is 0. The van der Waals surface area contributed by atoms with Crippen molar-refractivity contribution in [2.45, 2.75) is 25.8 Å². The largest absolute Gasteiger partial charge is 0.394 e. The lowest BCUT2D eigenvalue weighted by Gasteiger charge is -1.88. The van der Waals surface area contributed by atoms with E-state index in [-0.39, 0.29) is 12.3 Å². The standard InChI is InChI=1S/C7H7Cl.C3H8O.H3N/c8-6-7-4-2-1-3-5-7;1-3(2)4;/h1-5H,6H2;3-4H,1-2H3;1H3. The molecule has 0 radical (unpaired) electrons. The van der Waals surface area contributed by atoms with Gasteiger partial charge in [-0.25, -0.2) is 0 Å². The molecule has 0 heterocycles. The van der Waals surface area contributed by atoms with Crippen molar-refractivity contribution in [2.75, 3.05) is 0 Å². The van der Waals surface area contributed by atoms with E-state index in [1.54, 1.807) is 13.8 Å². The first-order valence-corrected chi connectivity index (χ1v) is 4.48. The van der Waals surface area contributed by atoms with Gasteiger partial charge in [-0.1, -0.05) is 30.3 Å². The fourth-order valence-electron chi connectivity index (χ4n) is 0.567. The van der Waals surface area contributed by atoms with Crippen LogP contribution in [0.15, 0.2) is 30.3 Å². The summed E-state index contributed by atoms with van der Waals surface area (Å²) in [5.74, 6) is 0.612. The van der Waals surface area contributed by atoms with Crippen molar-refractivity contribution in [3.63, 3.8) is 0 Å². The van der Waals surface area contributed by atoms with Gasteiger partial charge in [-0.2, -0.15) is 0 Å². The first kappa shape index (κ1) is 14.9. The first-order valence-electron chi connectivity index (χ1n) is 3.94. The molecule has 0 unspecified atom stereocenters. The molecule has 0 saturated heterocycles. The Morgan fingerprint density at radius 2 is 1.62 bits per heavy atom. The molecule has 0 spiro atoms. The first-order chi connectivity index (χ1) is 5.66. The van der Waals surface area contributed by atoms with E-state index >= 15 is 0 Å². The molecule has 2 nitrogen and oxygen atoms in total. The lowest BCUT2D eigenvalue weighted by Crippen LogP contribution is -1.85. The van der Waals surface area contributed by atoms with E-state index in [2.05, 4.69) is 0 Å². The van der Waals surface area contributed by atoms with Gasteiger partial charge in [0.2, 0.25) is 0 Å². The van der Waals surface area contributed by atoms with E-state index in [0.717, 1.165) is 0 Å². The van der Waals surface area contributed by atoms with E-state index in [1.165, 1.54) is 5.56 Å². The second-order valence-corrected chi connectivity index (χ2v) is 2.98. The van der Waals surface area contributed by atoms with Crippen LogP contribution in [-0.4, -0.2) is 11.2 Å². The van der Waals surface area contributed by atoms with E-state index in [9.17, 15) is 0 Å². The molecule has 0 aliphatic heterocycles.